The van der Waals surface area contributed by atoms with E-state index in [0.29, 0.717) is 17.2 Å². The molecule has 0 aliphatic heterocycles. The Morgan fingerprint density at radius 2 is 2.09 bits per heavy atom. The minimum absolute atomic E-state index is 0.0568. The highest BCUT2D eigenvalue weighted by Crippen LogP contribution is 2.22. The van der Waals surface area contributed by atoms with Gasteiger partial charge in [0.25, 0.3) is 0 Å². The van der Waals surface area contributed by atoms with E-state index in [9.17, 15) is 14.0 Å². The molecule has 0 bridgehead atoms. The van der Waals surface area contributed by atoms with Gasteiger partial charge in [-0.1, -0.05) is 11.6 Å². The normalized spacial score (nSPS) is 10.3. The van der Waals surface area contributed by atoms with E-state index in [1.54, 1.807) is 12.1 Å². The second-order valence-corrected chi connectivity index (χ2v) is 6.04. The second-order valence-electron chi connectivity index (χ2n) is 4.46. The zero-order chi connectivity index (χ0) is 16.1. The van der Waals surface area contributed by atoms with Crippen molar-refractivity contribution in [3.8, 4) is 5.75 Å². The summed E-state index contributed by atoms with van der Waals surface area (Å²) < 4.78 is 18.3. The number of ether oxygens (including phenoxy) is 1. The first-order valence-corrected chi connectivity index (χ1v) is 7.59. The number of hydrogen-bond donors (Lipinski definition) is 1. The molecule has 0 spiro atoms. The zero-order valence-corrected chi connectivity index (χ0v) is 13.3. The van der Waals surface area contributed by atoms with Crippen molar-refractivity contribution in [2.24, 2.45) is 0 Å². The van der Waals surface area contributed by atoms with Crippen molar-refractivity contribution in [3.63, 3.8) is 0 Å². The average Bonchev–Trinajstić information content (AvgIpc) is 2.95. The highest BCUT2D eigenvalue weighted by atomic mass is 35.5. The van der Waals surface area contributed by atoms with Gasteiger partial charge in [-0.25, -0.2) is 4.39 Å². The molecule has 0 atom stereocenters. The number of hydrogen-bond acceptors (Lipinski definition) is 4. The molecule has 0 radical (unpaired) electrons. The monoisotopic (exact) mass is 341 g/mol. The highest BCUT2D eigenvalue weighted by Gasteiger charge is 2.11. The molecule has 1 aromatic carbocycles. The largest absolute Gasteiger partial charge is 0.485 e. The van der Waals surface area contributed by atoms with Crippen LogP contribution in [0.15, 0.2) is 30.3 Å². The maximum absolute atomic E-state index is 13.0. The van der Waals surface area contributed by atoms with Gasteiger partial charge in [-0.05, 0) is 24.3 Å². The molecule has 0 fully saturated rings. The number of carbonyl (C=O) groups excluding carboxylic acids is 2. The third-order valence-corrected chi connectivity index (χ3v) is 4.12. The molecule has 2 rings (SSSR count). The molecule has 0 aliphatic rings. The zero-order valence-electron chi connectivity index (χ0n) is 11.7. The Morgan fingerprint density at radius 1 is 1.32 bits per heavy atom. The first-order chi connectivity index (χ1) is 10.5. The topological polar surface area (TPSA) is 55.4 Å². The van der Waals surface area contributed by atoms with E-state index in [1.807, 2.05) is 0 Å². The lowest BCUT2D eigenvalue weighted by Gasteiger charge is -2.05. The minimum Gasteiger partial charge on any atom is -0.485 e. The van der Waals surface area contributed by atoms with Crippen LogP contribution in [0.4, 0.5) is 4.39 Å². The number of amides is 1. The van der Waals surface area contributed by atoms with E-state index in [2.05, 4.69) is 5.32 Å². The molecular weight excluding hydrogens is 329 g/mol. The maximum atomic E-state index is 13.0. The van der Waals surface area contributed by atoms with E-state index >= 15 is 0 Å². The first-order valence-electron chi connectivity index (χ1n) is 6.40. The fraction of sp³-hybridized carbons (Fsp3) is 0.200. The molecule has 22 heavy (non-hydrogen) atoms. The molecule has 4 nitrogen and oxygen atoms in total. The molecule has 0 aliphatic carbocycles. The second kappa shape index (κ2) is 7.38. The summed E-state index contributed by atoms with van der Waals surface area (Å²) in [6.45, 7) is 1.66. The van der Waals surface area contributed by atoms with Crippen molar-refractivity contribution in [1.82, 2.24) is 5.32 Å². The molecular formula is C15H13ClFNO3S. The summed E-state index contributed by atoms with van der Waals surface area (Å²) in [5.41, 5.74) is 0. The summed E-state index contributed by atoms with van der Waals surface area (Å²) in [5, 5.41) is 2.61. The standard InChI is InChI=1S/C15H13ClFNO3S/c1-9(19)18-7-11-3-5-15(22-11)14(20)8-21-10-2-4-13(17)12(16)6-10/h2-6H,7-8H2,1H3,(H,18,19). The molecule has 1 N–H and O–H groups in total. The molecule has 0 saturated heterocycles. The third kappa shape index (κ3) is 4.54. The Hall–Kier alpha value is -1.92. The molecule has 1 heterocycles. The molecule has 2 aromatic rings. The number of nitrogens with one attached hydrogen (secondary N) is 1. The lowest BCUT2D eigenvalue weighted by atomic mass is 10.3. The summed E-state index contributed by atoms with van der Waals surface area (Å²) in [6.07, 6.45) is 0. The van der Waals surface area contributed by atoms with Gasteiger partial charge in [0.1, 0.15) is 11.6 Å². The van der Waals surface area contributed by atoms with Crippen LogP contribution in [0, 0.1) is 5.82 Å². The number of halogens is 2. The Balaban J connectivity index is 1.91. The molecule has 0 saturated carbocycles. The quantitative estimate of drug-likeness (QED) is 0.819. The smallest absolute Gasteiger partial charge is 0.217 e. The van der Waals surface area contributed by atoms with E-state index in [-0.39, 0.29) is 23.3 Å². The fourth-order valence-electron chi connectivity index (χ4n) is 1.62. The van der Waals surface area contributed by atoms with E-state index < -0.39 is 5.82 Å². The van der Waals surface area contributed by atoms with Crippen LogP contribution >= 0.6 is 22.9 Å². The SMILES string of the molecule is CC(=O)NCc1ccc(C(=O)COc2ccc(F)c(Cl)c2)s1. The molecule has 116 valence electrons. The Labute approximate surface area is 135 Å². The van der Waals surface area contributed by atoms with Crippen molar-refractivity contribution in [1.29, 1.82) is 0 Å². The van der Waals surface area contributed by atoms with Crippen LogP contribution in [0.5, 0.6) is 5.75 Å². The predicted molar refractivity (Wildman–Crippen MR) is 83.1 cm³/mol. The van der Waals surface area contributed by atoms with Gasteiger partial charge in [0.15, 0.2) is 6.61 Å². The van der Waals surface area contributed by atoms with Gasteiger partial charge in [0.05, 0.1) is 16.4 Å². The first kappa shape index (κ1) is 16.5. The van der Waals surface area contributed by atoms with Crippen LogP contribution in [0.25, 0.3) is 0 Å². The van der Waals surface area contributed by atoms with Gasteiger partial charge in [-0.15, -0.1) is 11.3 Å². The number of ketones is 1. The van der Waals surface area contributed by atoms with Gasteiger partial charge in [-0.3, -0.25) is 9.59 Å². The van der Waals surface area contributed by atoms with Gasteiger partial charge < -0.3 is 10.1 Å². The van der Waals surface area contributed by atoms with Crippen LogP contribution in [-0.2, 0) is 11.3 Å². The average molecular weight is 342 g/mol. The van der Waals surface area contributed by atoms with Crippen LogP contribution in [0.2, 0.25) is 5.02 Å². The number of benzene rings is 1. The van der Waals surface area contributed by atoms with Gasteiger partial charge in [-0.2, -0.15) is 0 Å². The van der Waals surface area contributed by atoms with Gasteiger partial charge >= 0.3 is 0 Å². The summed E-state index contributed by atoms with van der Waals surface area (Å²) in [6, 6.07) is 7.37. The summed E-state index contributed by atoms with van der Waals surface area (Å²) in [4.78, 5) is 24.3. The van der Waals surface area contributed by atoms with E-state index in [4.69, 9.17) is 16.3 Å². The van der Waals surface area contributed by atoms with Crippen molar-refractivity contribution < 1.29 is 18.7 Å². The lowest BCUT2D eigenvalue weighted by molar-refractivity contribution is -0.119. The number of carbonyl (C=O) groups is 2. The molecule has 1 amide bonds. The number of rotatable bonds is 6. The number of Topliss-reactive ketones (excluding diaryl/α,β-unsaturated/α-hetero) is 1. The minimum atomic E-state index is -0.541. The predicted octanol–water partition coefficient (Wildman–Crippen LogP) is 3.44. The third-order valence-electron chi connectivity index (χ3n) is 2.71. The molecule has 0 unspecified atom stereocenters. The van der Waals surface area contributed by atoms with Crippen molar-refractivity contribution >= 4 is 34.6 Å². The fourth-order valence-corrected chi connectivity index (χ4v) is 2.66. The summed E-state index contributed by atoms with van der Waals surface area (Å²) in [7, 11) is 0. The Morgan fingerprint density at radius 3 is 2.77 bits per heavy atom. The van der Waals surface area contributed by atoms with Crippen LogP contribution in [0.1, 0.15) is 21.5 Å². The van der Waals surface area contributed by atoms with Crippen LogP contribution in [-0.4, -0.2) is 18.3 Å². The van der Waals surface area contributed by atoms with Gasteiger partial charge in [0, 0.05) is 17.9 Å². The molecule has 1 aromatic heterocycles. The summed E-state index contributed by atoms with van der Waals surface area (Å²) >= 11 is 6.93. The van der Waals surface area contributed by atoms with Crippen molar-refractivity contribution in [2.45, 2.75) is 13.5 Å². The van der Waals surface area contributed by atoms with Gasteiger partial charge in [0.2, 0.25) is 11.7 Å². The number of thiophene rings is 1. The van der Waals surface area contributed by atoms with Crippen molar-refractivity contribution in [2.75, 3.05) is 6.61 Å². The van der Waals surface area contributed by atoms with Crippen LogP contribution < -0.4 is 10.1 Å². The van der Waals surface area contributed by atoms with Crippen molar-refractivity contribution in [3.05, 3.63) is 50.9 Å². The van der Waals surface area contributed by atoms with Crippen LogP contribution in [0.3, 0.4) is 0 Å². The molecule has 7 heteroatoms. The summed E-state index contributed by atoms with van der Waals surface area (Å²) in [5.74, 6) is -0.534. The Kier molecular flexibility index (Phi) is 5.51. The van der Waals surface area contributed by atoms with E-state index in [0.717, 1.165) is 4.88 Å². The maximum Gasteiger partial charge on any atom is 0.217 e. The highest BCUT2D eigenvalue weighted by molar-refractivity contribution is 7.14. The Bertz CT molecular complexity index is 702. The van der Waals surface area contributed by atoms with E-state index in [1.165, 1.54) is 36.5 Å². The lowest BCUT2D eigenvalue weighted by Crippen LogP contribution is -2.18.